The Balaban J connectivity index is 2.96. The average Bonchev–Trinajstić information content (AvgIpc) is 1.89. The SMILES string of the molecule is [CH2]SCCCC(C)C=C. The van der Waals surface area contributed by atoms with Gasteiger partial charge in [-0.1, -0.05) is 13.0 Å². The first-order valence-corrected chi connectivity index (χ1v) is 4.46. The lowest BCUT2D eigenvalue weighted by atomic mass is 10.1. The molecular formula is C8H15S. The fourth-order valence-electron chi connectivity index (χ4n) is 0.625. The van der Waals surface area contributed by atoms with E-state index in [2.05, 4.69) is 19.8 Å². The predicted octanol–water partition coefficient (Wildman–Crippen LogP) is 3.11. The maximum absolute atomic E-state index is 3.72. The molecule has 0 aromatic carbocycles. The lowest BCUT2D eigenvalue weighted by Gasteiger charge is -2.02. The summed E-state index contributed by atoms with van der Waals surface area (Å²) in [5.74, 6) is 1.86. The van der Waals surface area contributed by atoms with E-state index in [1.807, 2.05) is 6.08 Å². The van der Waals surface area contributed by atoms with Crippen LogP contribution in [-0.2, 0) is 0 Å². The minimum absolute atomic E-state index is 0.678. The summed E-state index contributed by atoms with van der Waals surface area (Å²) >= 11 is 1.67. The fraction of sp³-hybridized carbons (Fsp3) is 0.625. The molecule has 53 valence electrons. The van der Waals surface area contributed by atoms with Gasteiger partial charge in [-0.05, 0) is 24.5 Å². The van der Waals surface area contributed by atoms with Crippen LogP contribution in [0.3, 0.4) is 0 Å². The molecule has 0 aromatic heterocycles. The van der Waals surface area contributed by atoms with Crippen molar-refractivity contribution in [2.24, 2.45) is 5.92 Å². The van der Waals surface area contributed by atoms with Crippen LogP contribution in [-0.4, -0.2) is 5.75 Å². The standard InChI is InChI=1S/C8H15S/c1-4-8(2)6-5-7-9-3/h4,8H,1,3,5-7H2,2H3. The molecule has 1 radical (unpaired) electrons. The molecule has 1 unspecified atom stereocenters. The van der Waals surface area contributed by atoms with Gasteiger partial charge in [0.2, 0.25) is 0 Å². The summed E-state index contributed by atoms with van der Waals surface area (Å²) in [6, 6.07) is 0. The number of thioether (sulfide) groups is 1. The van der Waals surface area contributed by atoms with E-state index in [4.69, 9.17) is 0 Å². The lowest BCUT2D eigenvalue weighted by Crippen LogP contribution is -1.89. The van der Waals surface area contributed by atoms with E-state index < -0.39 is 0 Å². The third-order valence-electron chi connectivity index (χ3n) is 1.35. The van der Waals surface area contributed by atoms with E-state index in [9.17, 15) is 0 Å². The first kappa shape index (κ1) is 9.09. The van der Waals surface area contributed by atoms with Gasteiger partial charge in [-0.15, -0.1) is 6.58 Å². The zero-order valence-corrected chi connectivity index (χ0v) is 6.91. The first-order valence-electron chi connectivity index (χ1n) is 3.30. The average molecular weight is 143 g/mol. The highest BCUT2D eigenvalue weighted by atomic mass is 32.2. The van der Waals surface area contributed by atoms with Crippen molar-refractivity contribution in [1.29, 1.82) is 0 Å². The molecule has 9 heavy (non-hydrogen) atoms. The zero-order chi connectivity index (χ0) is 7.11. The second-order valence-electron chi connectivity index (χ2n) is 2.26. The van der Waals surface area contributed by atoms with Gasteiger partial charge < -0.3 is 0 Å². The van der Waals surface area contributed by atoms with Crippen LogP contribution < -0.4 is 0 Å². The molecule has 0 bridgehead atoms. The number of hydrogen-bond acceptors (Lipinski definition) is 1. The van der Waals surface area contributed by atoms with Crippen molar-refractivity contribution < 1.29 is 0 Å². The topological polar surface area (TPSA) is 0 Å². The molecule has 0 rings (SSSR count). The molecule has 0 aromatic rings. The maximum Gasteiger partial charge on any atom is 0.00235 e. The Hall–Kier alpha value is 0.0900. The van der Waals surface area contributed by atoms with Crippen LogP contribution in [0.25, 0.3) is 0 Å². The van der Waals surface area contributed by atoms with Crippen molar-refractivity contribution in [2.45, 2.75) is 19.8 Å². The summed E-state index contributed by atoms with van der Waals surface area (Å²) in [5, 5.41) is 0. The zero-order valence-electron chi connectivity index (χ0n) is 6.10. The molecule has 0 N–H and O–H groups in total. The Labute approximate surface area is 62.7 Å². The second-order valence-corrected chi connectivity index (χ2v) is 3.08. The van der Waals surface area contributed by atoms with Crippen LogP contribution >= 0.6 is 11.8 Å². The van der Waals surface area contributed by atoms with Crippen molar-refractivity contribution in [3.63, 3.8) is 0 Å². The number of allylic oxidation sites excluding steroid dienone is 1. The van der Waals surface area contributed by atoms with Gasteiger partial charge in [0.15, 0.2) is 0 Å². The fourth-order valence-corrected chi connectivity index (χ4v) is 0.996. The summed E-state index contributed by atoms with van der Waals surface area (Å²) in [6.45, 7) is 5.91. The van der Waals surface area contributed by atoms with Gasteiger partial charge in [-0.2, -0.15) is 11.8 Å². The quantitative estimate of drug-likeness (QED) is 0.421. The number of rotatable bonds is 5. The smallest absolute Gasteiger partial charge is 0.00235 e. The normalized spacial score (nSPS) is 13.1. The molecule has 0 amide bonds. The summed E-state index contributed by atoms with van der Waals surface area (Å²) in [5.41, 5.74) is 0. The van der Waals surface area contributed by atoms with E-state index >= 15 is 0 Å². The molecule has 0 aliphatic carbocycles. The molecule has 0 nitrogen and oxygen atoms in total. The first-order chi connectivity index (χ1) is 4.31. The Morgan fingerprint density at radius 2 is 2.33 bits per heavy atom. The number of hydrogen-bond donors (Lipinski definition) is 0. The highest BCUT2D eigenvalue weighted by Gasteiger charge is 1.93. The molecule has 0 fully saturated rings. The monoisotopic (exact) mass is 143 g/mol. The molecule has 0 saturated heterocycles. The second kappa shape index (κ2) is 6.21. The van der Waals surface area contributed by atoms with Crippen molar-refractivity contribution in [3.05, 3.63) is 18.9 Å². The highest BCUT2D eigenvalue weighted by Crippen LogP contribution is 2.09. The summed E-state index contributed by atoms with van der Waals surface area (Å²) in [6.07, 6.45) is 8.23. The van der Waals surface area contributed by atoms with Crippen LogP contribution in [0.5, 0.6) is 0 Å². The third kappa shape index (κ3) is 5.97. The Morgan fingerprint density at radius 3 is 2.78 bits per heavy atom. The molecule has 0 heterocycles. The molecular weight excluding hydrogens is 128 g/mol. The molecule has 0 saturated carbocycles. The van der Waals surface area contributed by atoms with Gasteiger partial charge in [-0.3, -0.25) is 0 Å². The molecule has 0 aliphatic heterocycles. The van der Waals surface area contributed by atoms with Crippen molar-refractivity contribution >= 4 is 11.8 Å². The van der Waals surface area contributed by atoms with E-state index in [1.54, 1.807) is 11.8 Å². The van der Waals surface area contributed by atoms with Crippen LogP contribution in [0, 0.1) is 12.2 Å². The van der Waals surface area contributed by atoms with Gasteiger partial charge in [0.05, 0.1) is 0 Å². The van der Waals surface area contributed by atoms with Gasteiger partial charge in [0.25, 0.3) is 0 Å². The minimum atomic E-state index is 0.678. The Kier molecular flexibility index (Phi) is 6.28. The van der Waals surface area contributed by atoms with Crippen molar-refractivity contribution in [1.82, 2.24) is 0 Å². The molecule has 0 aliphatic rings. The van der Waals surface area contributed by atoms with Crippen LogP contribution in [0.15, 0.2) is 12.7 Å². The van der Waals surface area contributed by atoms with Crippen molar-refractivity contribution in [3.8, 4) is 0 Å². The summed E-state index contributed by atoms with van der Waals surface area (Å²) in [7, 11) is 0. The van der Waals surface area contributed by atoms with Gasteiger partial charge in [0.1, 0.15) is 0 Å². The third-order valence-corrected chi connectivity index (χ3v) is 1.93. The summed E-state index contributed by atoms with van der Waals surface area (Å²) in [4.78, 5) is 0. The van der Waals surface area contributed by atoms with Gasteiger partial charge >= 0.3 is 0 Å². The van der Waals surface area contributed by atoms with Crippen molar-refractivity contribution in [2.75, 3.05) is 5.75 Å². The highest BCUT2D eigenvalue weighted by molar-refractivity contribution is 8.00. The van der Waals surface area contributed by atoms with E-state index in [1.165, 1.54) is 18.6 Å². The molecule has 1 heteroatoms. The van der Waals surface area contributed by atoms with E-state index in [0.29, 0.717) is 5.92 Å². The van der Waals surface area contributed by atoms with Crippen LogP contribution in [0.2, 0.25) is 0 Å². The molecule has 1 atom stereocenters. The predicted molar refractivity (Wildman–Crippen MR) is 46.4 cm³/mol. The van der Waals surface area contributed by atoms with Gasteiger partial charge in [-0.25, -0.2) is 0 Å². The van der Waals surface area contributed by atoms with Gasteiger partial charge in [0, 0.05) is 6.26 Å². The van der Waals surface area contributed by atoms with E-state index in [-0.39, 0.29) is 0 Å². The Bertz CT molecular complexity index is 69.0. The maximum atomic E-state index is 3.72. The van der Waals surface area contributed by atoms with Crippen LogP contribution in [0.1, 0.15) is 19.8 Å². The minimum Gasteiger partial charge on any atom is -0.161 e. The van der Waals surface area contributed by atoms with E-state index in [0.717, 1.165) is 0 Å². The molecule has 0 spiro atoms. The Morgan fingerprint density at radius 1 is 1.67 bits per heavy atom. The summed E-state index contributed by atoms with van der Waals surface area (Å²) < 4.78 is 0. The largest absolute Gasteiger partial charge is 0.161 e. The lowest BCUT2D eigenvalue weighted by molar-refractivity contribution is 0.639. The van der Waals surface area contributed by atoms with Crippen LogP contribution in [0.4, 0.5) is 0 Å².